The maximum Gasteiger partial charge on any atom is 0.286 e. The highest BCUT2D eigenvalue weighted by molar-refractivity contribution is 6.38. The molecular formula is C31H26ClF2N5. The zero-order valence-electron chi connectivity index (χ0n) is 22.0. The van der Waals surface area contributed by atoms with Gasteiger partial charge in [0.15, 0.2) is 0 Å². The Labute approximate surface area is 230 Å². The molecular weight excluding hydrogens is 516 g/mol. The molecule has 0 saturated carbocycles. The van der Waals surface area contributed by atoms with Crippen LogP contribution in [0.4, 0.5) is 8.78 Å². The summed E-state index contributed by atoms with van der Waals surface area (Å²) in [5, 5.41) is 10.5. The van der Waals surface area contributed by atoms with Gasteiger partial charge in [0.25, 0.3) is 5.92 Å². The molecule has 3 aromatic heterocycles. The van der Waals surface area contributed by atoms with Crippen LogP contribution in [0, 0.1) is 11.3 Å². The van der Waals surface area contributed by atoms with Gasteiger partial charge in [-0.3, -0.25) is 9.97 Å². The van der Waals surface area contributed by atoms with E-state index >= 15 is 0 Å². The Bertz CT molecular complexity index is 1710. The fourth-order valence-corrected chi connectivity index (χ4v) is 5.46. The molecule has 1 unspecified atom stereocenters. The fourth-order valence-electron chi connectivity index (χ4n) is 5.09. The first-order chi connectivity index (χ1) is 18.6. The van der Waals surface area contributed by atoms with Crippen molar-refractivity contribution < 1.29 is 8.78 Å². The summed E-state index contributed by atoms with van der Waals surface area (Å²) in [5.74, 6) is -3.04. The smallest absolute Gasteiger partial charge is 0.286 e. The van der Waals surface area contributed by atoms with Crippen LogP contribution in [0.15, 0.2) is 73.3 Å². The molecule has 3 heterocycles. The Morgan fingerprint density at radius 3 is 2.28 bits per heavy atom. The van der Waals surface area contributed by atoms with Gasteiger partial charge in [0.1, 0.15) is 5.69 Å². The first kappa shape index (κ1) is 26.5. The van der Waals surface area contributed by atoms with E-state index in [-0.39, 0.29) is 5.69 Å². The van der Waals surface area contributed by atoms with Gasteiger partial charge in [-0.15, -0.1) is 0 Å². The van der Waals surface area contributed by atoms with Gasteiger partial charge < -0.3 is 4.57 Å². The average molecular weight is 542 g/mol. The number of hydrogen-bond acceptors (Lipinski definition) is 4. The van der Waals surface area contributed by atoms with E-state index in [9.17, 15) is 14.0 Å². The van der Waals surface area contributed by atoms with Crippen LogP contribution in [0.5, 0.6) is 0 Å². The van der Waals surface area contributed by atoms with Crippen molar-refractivity contribution >= 4 is 22.5 Å². The number of aryl methyl sites for hydroxylation is 2. The summed E-state index contributed by atoms with van der Waals surface area (Å²) in [4.78, 5) is 13.4. The first-order valence-corrected chi connectivity index (χ1v) is 12.9. The largest absolute Gasteiger partial charge is 0.337 e. The molecule has 2 aromatic carbocycles. The minimum Gasteiger partial charge on any atom is -0.337 e. The summed E-state index contributed by atoms with van der Waals surface area (Å²) in [5.41, 5.74) is 5.30. The molecule has 1 atom stereocenters. The zero-order valence-corrected chi connectivity index (χ0v) is 22.8. The van der Waals surface area contributed by atoms with Crippen molar-refractivity contribution in [2.45, 2.75) is 38.5 Å². The molecule has 39 heavy (non-hydrogen) atoms. The number of halogens is 3. The van der Waals surface area contributed by atoms with Crippen LogP contribution >= 0.6 is 11.6 Å². The fraction of sp³-hybridized carbons (Fsp3) is 0.226. The number of fused-ring (bicyclic) bond motifs is 1. The van der Waals surface area contributed by atoms with Crippen molar-refractivity contribution in [1.82, 2.24) is 19.5 Å². The van der Waals surface area contributed by atoms with E-state index in [1.807, 2.05) is 55.8 Å². The number of pyridine rings is 2. The number of nitrogens with zero attached hydrogens (tertiary/aromatic N) is 5. The lowest BCUT2D eigenvalue weighted by Gasteiger charge is -2.32. The van der Waals surface area contributed by atoms with Gasteiger partial charge in [0.05, 0.1) is 45.3 Å². The van der Waals surface area contributed by atoms with E-state index in [1.165, 1.54) is 12.3 Å². The second-order valence-corrected chi connectivity index (χ2v) is 10.2. The summed E-state index contributed by atoms with van der Waals surface area (Å²) in [6.07, 6.45) is 5.67. The van der Waals surface area contributed by atoms with Crippen LogP contribution in [0.1, 0.15) is 54.5 Å². The highest BCUT2D eigenvalue weighted by Gasteiger charge is 2.36. The first-order valence-electron chi connectivity index (χ1n) is 12.5. The molecule has 0 fully saturated rings. The Morgan fingerprint density at radius 2 is 1.72 bits per heavy atom. The maximum atomic E-state index is 13.9. The zero-order chi connectivity index (χ0) is 27.9. The van der Waals surface area contributed by atoms with Crippen LogP contribution in [0.25, 0.3) is 22.0 Å². The minimum atomic E-state index is -3.04. The van der Waals surface area contributed by atoms with Crippen LogP contribution < -0.4 is 0 Å². The lowest BCUT2D eigenvalue weighted by atomic mass is 9.74. The lowest BCUT2D eigenvalue weighted by molar-refractivity contribution is 0.0127. The summed E-state index contributed by atoms with van der Waals surface area (Å²) >= 11 is 7.11. The van der Waals surface area contributed by atoms with E-state index in [1.54, 1.807) is 30.7 Å². The molecule has 0 amide bonds. The third-order valence-electron chi connectivity index (χ3n) is 7.33. The van der Waals surface area contributed by atoms with Gasteiger partial charge in [0, 0.05) is 37.3 Å². The average Bonchev–Trinajstić information content (AvgIpc) is 3.38. The highest BCUT2D eigenvalue weighted by Crippen LogP contribution is 2.42. The quantitative estimate of drug-likeness (QED) is 0.222. The summed E-state index contributed by atoms with van der Waals surface area (Å²) in [6, 6.07) is 18.4. The van der Waals surface area contributed by atoms with E-state index in [0.717, 1.165) is 51.5 Å². The third kappa shape index (κ3) is 4.55. The van der Waals surface area contributed by atoms with Gasteiger partial charge >= 0.3 is 0 Å². The van der Waals surface area contributed by atoms with Crippen LogP contribution in [-0.2, 0) is 24.8 Å². The molecule has 5 nitrogen and oxygen atoms in total. The summed E-state index contributed by atoms with van der Waals surface area (Å²) in [6.45, 7) is 4.89. The van der Waals surface area contributed by atoms with Crippen molar-refractivity contribution in [3.05, 3.63) is 112 Å². The molecule has 5 rings (SSSR count). The predicted octanol–water partition coefficient (Wildman–Crippen LogP) is 7.58. The SMILES string of the molecule is CCc1nc2ccc(C(C)(c3ccc(C(C)(F)F)nc3)c3cncn3C)cc2c(Cl)c1-c1ccc(C#N)cc1. The number of rotatable bonds is 6. The molecule has 5 aromatic rings. The number of aromatic nitrogens is 4. The van der Waals surface area contributed by atoms with Crippen molar-refractivity contribution in [1.29, 1.82) is 5.26 Å². The van der Waals surface area contributed by atoms with Crippen LogP contribution in [0.3, 0.4) is 0 Å². The van der Waals surface area contributed by atoms with Gasteiger partial charge in [-0.1, -0.05) is 42.8 Å². The minimum absolute atomic E-state index is 0.288. The Balaban J connectivity index is 1.74. The molecule has 0 aliphatic carbocycles. The Morgan fingerprint density at radius 1 is 1.00 bits per heavy atom. The Hall–Kier alpha value is -4.15. The molecule has 0 aliphatic rings. The predicted molar refractivity (Wildman–Crippen MR) is 149 cm³/mol. The van der Waals surface area contributed by atoms with Crippen LogP contribution in [-0.4, -0.2) is 19.5 Å². The molecule has 8 heteroatoms. The van der Waals surface area contributed by atoms with Crippen molar-refractivity contribution in [2.75, 3.05) is 0 Å². The molecule has 0 aliphatic heterocycles. The standard InChI is InChI=1S/C31H26ClF2N5/c1-5-24-28(20-8-6-19(15-35)7-9-20)29(32)23-14-21(10-12-25(23)38-24)30(2,27-17-36-18-39(27)4)22-11-13-26(37-16-22)31(3,33)34/h6-14,16-18H,5H2,1-4H3. The monoisotopic (exact) mass is 541 g/mol. The molecule has 0 spiro atoms. The van der Waals surface area contributed by atoms with E-state index in [0.29, 0.717) is 17.0 Å². The maximum absolute atomic E-state index is 13.9. The topological polar surface area (TPSA) is 67.4 Å². The summed E-state index contributed by atoms with van der Waals surface area (Å²) < 4.78 is 29.8. The van der Waals surface area contributed by atoms with Gasteiger partial charge in [-0.25, -0.2) is 4.98 Å². The normalized spacial score (nSPS) is 13.3. The number of alkyl halides is 2. The molecule has 0 N–H and O–H groups in total. The molecule has 0 bridgehead atoms. The highest BCUT2D eigenvalue weighted by atomic mass is 35.5. The molecule has 196 valence electrons. The van der Waals surface area contributed by atoms with Gasteiger partial charge in [0.2, 0.25) is 0 Å². The van der Waals surface area contributed by atoms with Crippen molar-refractivity contribution in [3.8, 4) is 17.2 Å². The van der Waals surface area contributed by atoms with E-state index in [4.69, 9.17) is 16.6 Å². The van der Waals surface area contributed by atoms with E-state index in [2.05, 4.69) is 16.0 Å². The number of nitriles is 1. The van der Waals surface area contributed by atoms with Crippen molar-refractivity contribution in [2.24, 2.45) is 7.05 Å². The number of benzene rings is 2. The number of hydrogen-bond donors (Lipinski definition) is 0. The van der Waals surface area contributed by atoms with Crippen molar-refractivity contribution in [3.63, 3.8) is 0 Å². The van der Waals surface area contributed by atoms with E-state index < -0.39 is 11.3 Å². The van der Waals surface area contributed by atoms with Gasteiger partial charge in [-0.2, -0.15) is 14.0 Å². The Kier molecular flexibility index (Phi) is 6.69. The second-order valence-electron chi connectivity index (χ2n) is 9.86. The number of imidazole rings is 1. The van der Waals surface area contributed by atoms with Gasteiger partial charge in [-0.05, 0) is 60.4 Å². The molecule has 0 saturated heterocycles. The van der Waals surface area contributed by atoms with Crippen LogP contribution in [0.2, 0.25) is 5.02 Å². The lowest BCUT2D eigenvalue weighted by Crippen LogP contribution is -2.28. The third-order valence-corrected chi connectivity index (χ3v) is 7.72. The molecule has 0 radical (unpaired) electrons. The summed E-state index contributed by atoms with van der Waals surface area (Å²) in [7, 11) is 1.90. The second kappa shape index (κ2) is 9.87.